The Morgan fingerprint density at radius 2 is 2.24 bits per heavy atom. The summed E-state index contributed by atoms with van der Waals surface area (Å²) in [6, 6.07) is 0. The van der Waals surface area contributed by atoms with Crippen LogP contribution in [0.25, 0.3) is 11.2 Å². The lowest BCUT2D eigenvalue weighted by Crippen LogP contribution is -2.77. The van der Waals surface area contributed by atoms with Crippen LogP contribution in [0.15, 0.2) is 12.7 Å². The van der Waals surface area contributed by atoms with E-state index in [0.29, 0.717) is 17.0 Å². The van der Waals surface area contributed by atoms with Crippen LogP contribution in [-0.4, -0.2) is 53.8 Å². The lowest BCUT2D eigenvalue weighted by atomic mass is 9.59. The molecule has 3 unspecified atom stereocenters. The van der Waals surface area contributed by atoms with Crippen molar-refractivity contribution in [1.29, 1.82) is 0 Å². The SMILES string of the molecule is Nc1ncnc2c1ncn2[C@@H]1O[C@@]2(CO)CC3(O)OC1C32. The van der Waals surface area contributed by atoms with E-state index in [1.807, 2.05) is 0 Å². The Morgan fingerprint density at radius 1 is 1.38 bits per heavy atom. The second-order valence-corrected chi connectivity index (χ2v) is 5.90. The lowest BCUT2D eigenvalue weighted by Gasteiger charge is -2.62. The van der Waals surface area contributed by atoms with Crippen LogP contribution < -0.4 is 5.73 Å². The number of hydrogen-bond donors (Lipinski definition) is 3. The maximum atomic E-state index is 10.1. The van der Waals surface area contributed by atoms with Gasteiger partial charge in [0.25, 0.3) is 0 Å². The van der Waals surface area contributed by atoms with Gasteiger partial charge in [0.05, 0.1) is 18.9 Å². The molecule has 0 bridgehead atoms. The normalized spacial score (nSPS) is 43.4. The summed E-state index contributed by atoms with van der Waals surface area (Å²) in [6.07, 6.45) is 2.38. The van der Waals surface area contributed by atoms with Crippen molar-refractivity contribution in [2.75, 3.05) is 12.3 Å². The van der Waals surface area contributed by atoms with Crippen LogP contribution in [0.1, 0.15) is 12.6 Å². The van der Waals surface area contributed by atoms with Gasteiger partial charge in [-0.15, -0.1) is 0 Å². The molecule has 4 heterocycles. The fraction of sp³-hybridized carbons (Fsp3) is 0.583. The fourth-order valence-electron chi connectivity index (χ4n) is 3.94. The van der Waals surface area contributed by atoms with Crippen molar-refractivity contribution in [2.24, 2.45) is 5.92 Å². The maximum Gasteiger partial charge on any atom is 0.177 e. The monoisotopic (exact) mass is 291 g/mol. The number of aromatic nitrogens is 4. The standard InChI is InChI=1S/C12H13N5O4/c13-8-5-9(15-3-14-8)17(4-16-5)10-6-7-11(2-18,21-10)1-12(7,19)20-6/h3-4,6-7,10,18-19H,1-2H2,(H2,13,14,15)/t6?,7?,10-,11-,12?/m1/s1. The number of aliphatic hydroxyl groups excluding tert-OH is 1. The highest BCUT2D eigenvalue weighted by atomic mass is 16.7. The molecule has 21 heavy (non-hydrogen) atoms. The van der Waals surface area contributed by atoms with E-state index in [2.05, 4.69) is 15.0 Å². The van der Waals surface area contributed by atoms with Crippen molar-refractivity contribution in [3.8, 4) is 0 Å². The molecule has 2 aromatic heterocycles. The van der Waals surface area contributed by atoms with Gasteiger partial charge in [0.1, 0.15) is 23.5 Å². The lowest BCUT2D eigenvalue weighted by molar-refractivity contribution is -0.434. The van der Waals surface area contributed by atoms with Crippen LogP contribution in [0.5, 0.6) is 0 Å². The average Bonchev–Trinajstić information content (AvgIpc) is 2.91. The van der Waals surface area contributed by atoms with E-state index in [-0.39, 0.29) is 25.0 Å². The molecule has 3 fully saturated rings. The van der Waals surface area contributed by atoms with Crippen molar-refractivity contribution >= 4 is 17.0 Å². The highest BCUT2D eigenvalue weighted by molar-refractivity contribution is 5.81. The Labute approximate surface area is 118 Å². The van der Waals surface area contributed by atoms with Crippen molar-refractivity contribution in [1.82, 2.24) is 19.5 Å². The molecular weight excluding hydrogens is 278 g/mol. The van der Waals surface area contributed by atoms with Gasteiger partial charge in [0.15, 0.2) is 23.5 Å². The second kappa shape index (κ2) is 3.33. The van der Waals surface area contributed by atoms with E-state index in [4.69, 9.17) is 15.2 Å². The van der Waals surface area contributed by atoms with Crippen molar-refractivity contribution < 1.29 is 19.7 Å². The minimum absolute atomic E-state index is 0.153. The molecule has 0 amide bonds. The molecule has 1 saturated carbocycles. The minimum atomic E-state index is -1.16. The summed E-state index contributed by atoms with van der Waals surface area (Å²) in [4.78, 5) is 12.3. The molecule has 3 aliphatic rings. The molecule has 2 saturated heterocycles. The number of nitrogen functional groups attached to an aromatic ring is 1. The molecule has 9 nitrogen and oxygen atoms in total. The van der Waals surface area contributed by atoms with Gasteiger partial charge in [-0.2, -0.15) is 0 Å². The first-order chi connectivity index (χ1) is 10.1. The predicted octanol–water partition coefficient (Wildman–Crippen LogP) is -1.22. The molecule has 0 spiro atoms. The summed E-state index contributed by atoms with van der Waals surface area (Å²) in [5, 5.41) is 19.7. The molecule has 4 N–H and O–H groups in total. The Hall–Kier alpha value is -1.81. The molecule has 9 heteroatoms. The molecule has 2 aromatic rings. The molecule has 5 atom stereocenters. The Bertz CT molecular complexity index is 765. The third-order valence-electron chi connectivity index (χ3n) is 4.84. The van der Waals surface area contributed by atoms with Gasteiger partial charge in [-0.3, -0.25) is 4.57 Å². The van der Waals surface area contributed by atoms with Gasteiger partial charge in [-0.25, -0.2) is 15.0 Å². The summed E-state index contributed by atoms with van der Waals surface area (Å²) < 4.78 is 13.3. The third-order valence-corrected chi connectivity index (χ3v) is 4.84. The summed E-state index contributed by atoms with van der Waals surface area (Å²) in [6.45, 7) is -0.153. The van der Waals surface area contributed by atoms with Crippen LogP contribution in [0.3, 0.4) is 0 Å². The Morgan fingerprint density at radius 3 is 2.95 bits per heavy atom. The predicted molar refractivity (Wildman–Crippen MR) is 67.6 cm³/mol. The zero-order valence-electron chi connectivity index (χ0n) is 10.9. The number of aliphatic hydroxyl groups is 2. The minimum Gasteiger partial charge on any atom is -0.393 e. The van der Waals surface area contributed by atoms with Gasteiger partial charge in [0.2, 0.25) is 0 Å². The molecule has 2 aliphatic heterocycles. The number of rotatable bonds is 2. The molecule has 0 radical (unpaired) electrons. The number of ether oxygens (including phenoxy) is 2. The first-order valence-corrected chi connectivity index (χ1v) is 6.70. The first-order valence-electron chi connectivity index (χ1n) is 6.70. The van der Waals surface area contributed by atoms with E-state index in [1.54, 1.807) is 10.9 Å². The van der Waals surface area contributed by atoms with E-state index in [9.17, 15) is 10.2 Å². The smallest absolute Gasteiger partial charge is 0.177 e. The fourth-order valence-corrected chi connectivity index (χ4v) is 3.94. The highest BCUT2D eigenvalue weighted by Crippen LogP contribution is 2.68. The third kappa shape index (κ3) is 1.16. The topological polar surface area (TPSA) is 129 Å². The van der Waals surface area contributed by atoms with Crippen LogP contribution >= 0.6 is 0 Å². The van der Waals surface area contributed by atoms with Gasteiger partial charge in [-0.1, -0.05) is 0 Å². The number of nitrogens with two attached hydrogens (primary N) is 1. The quantitative estimate of drug-likeness (QED) is 0.627. The zero-order chi connectivity index (χ0) is 14.4. The number of nitrogens with zero attached hydrogens (tertiary/aromatic N) is 4. The number of hydrogen-bond acceptors (Lipinski definition) is 8. The van der Waals surface area contributed by atoms with Gasteiger partial charge >= 0.3 is 0 Å². The summed E-state index contributed by atoms with van der Waals surface area (Å²) in [5.41, 5.74) is 6.07. The van der Waals surface area contributed by atoms with Gasteiger partial charge in [-0.05, 0) is 0 Å². The molecule has 5 rings (SSSR count). The highest BCUT2D eigenvalue weighted by Gasteiger charge is 2.81. The van der Waals surface area contributed by atoms with Crippen LogP contribution in [0, 0.1) is 5.92 Å². The maximum absolute atomic E-state index is 10.1. The largest absolute Gasteiger partial charge is 0.393 e. The number of imidazole rings is 1. The van der Waals surface area contributed by atoms with E-state index < -0.39 is 17.6 Å². The molecule has 1 aliphatic carbocycles. The zero-order valence-corrected chi connectivity index (χ0v) is 10.9. The van der Waals surface area contributed by atoms with Crippen LogP contribution in [-0.2, 0) is 9.47 Å². The summed E-state index contributed by atoms with van der Waals surface area (Å²) >= 11 is 0. The van der Waals surface area contributed by atoms with E-state index in [1.165, 1.54) is 6.33 Å². The number of fused-ring (bicyclic) bond motifs is 1. The van der Waals surface area contributed by atoms with Gasteiger partial charge in [0, 0.05) is 6.42 Å². The average molecular weight is 291 g/mol. The Kier molecular flexibility index (Phi) is 1.87. The first kappa shape index (κ1) is 11.8. The van der Waals surface area contributed by atoms with E-state index >= 15 is 0 Å². The van der Waals surface area contributed by atoms with E-state index in [0.717, 1.165) is 0 Å². The van der Waals surface area contributed by atoms with Crippen molar-refractivity contribution in [3.05, 3.63) is 12.7 Å². The number of anilines is 1. The van der Waals surface area contributed by atoms with Crippen molar-refractivity contribution in [2.45, 2.75) is 30.1 Å². The van der Waals surface area contributed by atoms with Crippen LogP contribution in [0.2, 0.25) is 0 Å². The van der Waals surface area contributed by atoms with Gasteiger partial charge < -0.3 is 25.4 Å². The molecular formula is C12H13N5O4. The molecule has 0 aromatic carbocycles. The summed E-state index contributed by atoms with van der Waals surface area (Å²) in [7, 11) is 0. The second-order valence-electron chi connectivity index (χ2n) is 5.90. The Balaban J connectivity index is 1.61. The molecule has 110 valence electrons. The van der Waals surface area contributed by atoms with Crippen LogP contribution in [0.4, 0.5) is 5.82 Å². The summed E-state index contributed by atoms with van der Waals surface area (Å²) in [5.74, 6) is -1.09. The van der Waals surface area contributed by atoms with Crippen molar-refractivity contribution in [3.63, 3.8) is 0 Å².